The summed E-state index contributed by atoms with van der Waals surface area (Å²) < 4.78 is 16.4. The Morgan fingerprint density at radius 3 is 2.74 bits per heavy atom. The molecule has 2 heterocycles. The SMILES string of the molecule is COc1ccccc1C(=O)N1CCO[C@H](c2noc(-c3ccccc3)n2)C1. The van der Waals surface area contributed by atoms with E-state index in [1.165, 1.54) is 0 Å². The summed E-state index contributed by atoms with van der Waals surface area (Å²) in [5.74, 6) is 1.32. The maximum atomic E-state index is 12.9. The van der Waals surface area contributed by atoms with Gasteiger partial charge in [-0.25, -0.2) is 0 Å². The van der Waals surface area contributed by atoms with Gasteiger partial charge in [0.25, 0.3) is 11.8 Å². The minimum absolute atomic E-state index is 0.104. The van der Waals surface area contributed by atoms with E-state index in [-0.39, 0.29) is 5.91 Å². The van der Waals surface area contributed by atoms with Crippen molar-refractivity contribution in [2.45, 2.75) is 6.10 Å². The van der Waals surface area contributed by atoms with Crippen LogP contribution in [0.25, 0.3) is 11.5 Å². The number of nitrogens with zero attached hydrogens (tertiary/aromatic N) is 3. The average molecular weight is 365 g/mol. The number of morpholine rings is 1. The first-order valence-corrected chi connectivity index (χ1v) is 8.69. The van der Waals surface area contributed by atoms with Crippen LogP contribution in [0.4, 0.5) is 0 Å². The molecule has 138 valence electrons. The van der Waals surface area contributed by atoms with Crippen LogP contribution in [0.15, 0.2) is 59.1 Å². The van der Waals surface area contributed by atoms with Crippen molar-refractivity contribution in [1.29, 1.82) is 0 Å². The molecule has 0 radical (unpaired) electrons. The van der Waals surface area contributed by atoms with Crippen LogP contribution in [0.1, 0.15) is 22.3 Å². The van der Waals surface area contributed by atoms with Crippen LogP contribution in [-0.2, 0) is 4.74 Å². The van der Waals surface area contributed by atoms with Gasteiger partial charge in [-0.05, 0) is 24.3 Å². The number of rotatable bonds is 4. The fourth-order valence-electron chi connectivity index (χ4n) is 3.05. The Labute approximate surface area is 156 Å². The molecule has 0 saturated carbocycles. The number of amides is 1. The van der Waals surface area contributed by atoms with Gasteiger partial charge in [0.05, 0.1) is 25.8 Å². The standard InChI is InChI=1S/C20H19N3O4/c1-25-16-10-6-5-9-15(16)20(24)23-11-12-26-17(13-23)18-21-19(27-22-18)14-7-3-2-4-8-14/h2-10,17H,11-13H2,1H3/t17-/m0/s1. The van der Waals surface area contributed by atoms with Crippen molar-refractivity contribution in [3.63, 3.8) is 0 Å². The normalized spacial score (nSPS) is 16.9. The molecule has 0 bridgehead atoms. The van der Waals surface area contributed by atoms with E-state index in [2.05, 4.69) is 10.1 Å². The van der Waals surface area contributed by atoms with E-state index in [9.17, 15) is 4.79 Å². The first-order chi connectivity index (χ1) is 13.3. The lowest BCUT2D eigenvalue weighted by Crippen LogP contribution is -2.42. The van der Waals surface area contributed by atoms with E-state index >= 15 is 0 Å². The third-order valence-corrected chi connectivity index (χ3v) is 4.44. The van der Waals surface area contributed by atoms with Gasteiger partial charge in [0.15, 0.2) is 0 Å². The number of aromatic nitrogens is 2. The number of carbonyl (C=O) groups excluding carboxylic acids is 1. The Morgan fingerprint density at radius 1 is 1.15 bits per heavy atom. The smallest absolute Gasteiger partial charge is 0.258 e. The van der Waals surface area contributed by atoms with Crippen LogP contribution in [0.3, 0.4) is 0 Å². The summed E-state index contributed by atoms with van der Waals surface area (Å²) in [6.45, 7) is 1.25. The van der Waals surface area contributed by atoms with E-state index in [0.29, 0.717) is 42.7 Å². The quantitative estimate of drug-likeness (QED) is 0.707. The molecule has 0 spiro atoms. The lowest BCUT2D eigenvalue weighted by atomic mass is 10.1. The van der Waals surface area contributed by atoms with Crippen molar-refractivity contribution in [1.82, 2.24) is 15.0 Å². The minimum atomic E-state index is -0.432. The van der Waals surface area contributed by atoms with Crippen LogP contribution in [0, 0.1) is 0 Å². The zero-order valence-corrected chi connectivity index (χ0v) is 14.9. The van der Waals surface area contributed by atoms with Crippen molar-refractivity contribution in [3.05, 3.63) is 66.0 Å². The van der Waals surface area contributed by atoms with Crippen LogP contribution < -0.4 is 4.74 Å². The second-order valence-electron chi connectivity index (χ2n) is 6.13. The van der Waals surface area contributed by atoms with Crippen molar-refractivity contribution < 1.29 is 18.8 Å². The number of hydrogen-bond acceptors (Lipinski definition) is 6. The Morgan fingerprint density at radius 2 is 1.93 bits per heavy atom. The summed E-state index contributed by atoms with van der Waals surface area (Å²) in [6, 6.07) is 16.7. The van der Waals surface area contributed by atoms with Gasteiger partial charge < -0.3 is 18.9 Å². The number of para-hydroxylation sites is 1. The number of benzene rings is 2. The molecular weight excluding hydrogens is 346 g/mol. The summed E-state index contributed by atoms with van der Waals surface area (Å²) in [5, 5.41) is 4.04. The second-order valence-corrected chi connectivity index (χ2v) is 6.13. The lowest BCUT2D eigenvalue weighted by molar-refractivity contribution is -0.0277. The van der Waals surface area contributed by atoms with Gasteiger partial charge in [-0.2, -0.15) is 4.98 Å². The number of carbonyl (C=O) groups is 1. The van der Waals surface area contributed by atoms with Crippen LogP contribution in [-0.4, -0.2) is 47.8 Å². The average Bonchev–Trinajstić information content (AvgIpc) is 3.24. The molecule has 1 atom stereocenters. The van der Waals surface area contributed by atoms with Crippen LogP contribution in [0.5, 0.6) is 5.75 Å². The molecule has 2 aromatic carbocycles. The Hall–Kier alpha value is -3.19. The monoisotopic (exact) mass is 365 g/mol. The van der Waals surface area contributed by atoms with Crippen molar-refractivity contribution >= 4 is 5.91 Å². The molecule has 7 heteroatoms. The summed E-state index contributed by atoms with van der Waals surface area (Å²) in [4.78, 5) is 19.1. The van der Waals surface area contributed by atoms with Gasteiger partial charge in [0.2, 0.25) is 5.82 Å². The maximum absolute atomic E-state index is 12.9. The number of ether oxygens (including phenoxy) is 2. The molecule has 0 N–H and O–H groups in total. The highest BCUT2D eigenvalue weighted by molar-refractivity contribution is 5.97. The molecular formula is C20H19N3O4. The summed E-state index contributed by atoms with van der Waals surface area (Å²) in [6.07, 6.45) is -0.432. The van der Waals surface area contributed by atoms with Crippen LogP contribution >= 0.6 is 0 Å². The molecule has 27 heavy (non-hydrogen) atoms. The Kier molecular flexibility index (Phi) is 4.84. The molecule has 1 fully saturated rings. The zero-order chi connectivity index (χ0) is 18.6. The molecule has 7 nitrogen and oxygen atoms in total. The summed E-state index contributed by atoms with van der Waals surface area (Å²) >= 11 is 0. The minimum Gasteiger partial charge on any atom is -0.496 e. The van der Waals surface area contributed by atoms with Gasteiger partial charge in [-0.3, -0.25) is 4.79 Å². The summed E-state index contributed by atoms with van der Waals surface area (Å²) in [7, 11) is 1.55. The molecule has 4 rings (SSSR count). The molecule has 1 saturated heterocycles. The first kappa shape index (κ1) is 17.2. The van der Waals surface area contributed by atoms with Crippen molar-refractivity contribution in [3.8, 4) is 17.2 Å². The third-order valence-electron chi connectivity index (χ3n) is 4.44. The van der Waals surface area contributed by atoms with E-state index in [0.717, 1.165) is 5.56 Å². The first-order valence-electron chi connectivity index (χ1n) is 8.69. The topological polar surface area (TPSA) is 77.7 Å². The second kappa shape index (κ2) is 7.59. The molecule has 0 aliphatic carbocycles. The van der Waals surface area contributed by atoms with Gasteiger partial charge >= 0.3 is 0 Å². The molecule has 1 aliphatic heterocycles. The highest BCUT2D eigenvalue weighted by atomic mass is 16.5. The van der Waals surface area contributed by atoms with E-state index in [1.807, 2.05) is 42.5 Å². The van der Waals surface area contributed by atoms with Crippen molar-refractivity contribution in [2.24, 2.45) is 0 Å². The van der Waals surface area contributed by atoms with Gasteiger partial charge in [0.1, 0.15) is 11.9 Å². The maximum Gasteiger partial charge on any atom is 0.258 e. The molecule has 1 amide bonds. The van der Waals surface area contributed by atoms with Gasteiger partial charge in [-0.15, -0.1) is 0 Å². The predicted octanol–water partition coefficient (Wildman–Crippen LogP) is 2.96. The molecule has 1 aliphatic rings. The molecule has 0 unspecified atom stereocenters. The zero-order valence-electron chi connectivity index (χ0n) is 14.9. The predicted molar refractivity (Wildman–Crippen MR) is 97.3 cm³/mol. The molecule has 1 aromatic heterocycles. The van der Waals surface area contributed by atoms with Gasteiger partial charge in [-0.1, -0.05) is 35.5 Å². The fourth-order valence-corrected chi connectivity index (χ4v) is 3.05. The van der Waals surface area contributed by atoms with E-state index in [1.54, 1.807) is 24.1 Å². The third kappa shape index (κ3) is 3.54. The fraction of sp³-hybridized carbons (Fsp3) is 0.250. The largest absolute Gasteiger partial charge is 0.496 e. The Balaban J connectivity index is 1.52. The number of hydrogen-bond donors (Lipinski definition) is 0. The summed E-state index contributed by atoms with van der Waals surface area (Å²) in [5.41, 5.74) is 1.37. The highest BCUT2D eigenvalue weighted by Gasteiger charge is 2.30. The highest BCUT2D eigenvalue weighted by Crippen LogP contribution is 2.26. The lowest BCUT2D eigenvalue weighted by Gasteiger charge is -2.31. The number of methoxy groups -OCH3 is 1. The van der Waals surface area contributed by atoms with E-state index in [4.69, 9.17) is 14.0 Å². The molecule has 3 aromatic rings. The Bertz CT molecular complexity index is 926. The van der Waals surface area contributed by atoms with E-state index < -0.39 is 6.10 Å². The van der Waals surface area contributed by atoms with Crippen molar-refractivity contribution in [2.75, 3.05) is 26.8 Å². The van der Waals surface area contributed by atoms with Gasteiger partial charge in [0, 0.05) is 12.1 Å². The van der Waals surface area contributed by atoms with Crippen LogP contribution in [0.2, 0.25) is 0 Å².